The van der Waals surface area contributed by atoms with Crippen LogP contribution in [0.2, 0.25) is 0 Å². The molecular formula is C20H16N4O4S. The first kappa shape index (κ1) is 18.8. The van der Waals surface area contributed by atoms with Gasteiger partial charge in [-0.1, -0.05) is 30.3 Å². The van der Waals surface area contributed by atoms with Crippen LogP contribution in [0.1, 0.15) is 15.5 Å². The molecule has 9 heteroatoms. The van der Waals surface area contributed by atoms with Crippen LogP contribution in [-0.4, -0.2) is 45.6 Å². The molecule has 2 heterocycles. The number of carbonyl (C=O) groups excluding carboxylic acids is 2. The second-order valence-electron chi connectivity index (χ2n) is 6.35. The van der Waals surface area contributed by atoms with E-state index in [4.69, 9.17) is 4.74 Å². The van der Waals surface area contributed by atoms with E-state index in [-0.39, 0.29) is 11.6 Å². The standard InChI is InChI=1S/C20H16N4O4S/c1-24(10-16-21-14-8-4-5-9-15(14)29-16)17(25)11-28-20(27)18-12-6-2-3-7-13(12)19(26)23-22-18/h2-9H,10-11H2,1H3,(H,23,26). The molecule has 0 saturated heterocycles. The maximum absolute atomic E-state index is 12.4. The number of benzene rings is 2. The lowest BCUT2D eigenvalue weighted by Crippen LogP contribution is -2.31. The largest absolute Gasteiger partial charge is 0.451 e. The second kappa shape index (κ2) is 7.80. The number of hydrogen-bond donors (Lipinski definition) is 1. The molecule has 8 nitrogen and oxygen atoms in total. The molecule has 1 N–H and O–H groups in total. The van der Waals surface area contributed by atoms with Crippen LogP contribution in [0, 0.1) is 0 Å². The van der Waals surface area contributed by atoms with Gasteiger partial charge in [-0.05, 0) is 18.2 Å². The zero-order valence-corrected chi connectivity index (χ0v) is 16.2. The number of para-hydroxylation sites is 1. The van der Waals surface area contributed by atoms with E-state index in [1.54, 1.807) is 31.3 Å². The van der Waals surface area contributed by atoms with Gasteiger partial charge in [0.05, 0.1) is 22.1 Å². The average molecular weight is 408 g/mol. The highest BCUT2D eigenvalue weighted by Gasteiger charge is 2.19. The molecule has 0 radical (unpaired) electrons. The number of ether oxygens (including phenoxy) is 1. The highest BCUT2D eigenvalue weighted by atomic mass is 32.1. The van der Waals surface area contributed by atoms with Crippen LogP contribution < -0.4 is 5.56 Å². The minimum atomic E-state index is -0.779. The number of nitrogens with one attached hydrogen (secondary N) is 1. The van der Waals surface area contributed by atoms with Crippen LogP contribution >= 0.6 is 11.3 Å². The predicted octanol–water partition coefficient (Wildman–Crippen LogP) is 2.35. The number of carbonyl (C=O) groups is 2. The Labute approximate surface area is 168 Å². The number of H-pyrrole nitrogens is 1. The van der Waals surface area contributed by atoms with Gasteiger partial charge in [0.25, 0.3) is 11.5 Å². The summed E-state index contributed by atoms with van der Waals surface area (Å²) < 4.78 is 6.17. The number of hydrogen-bond acceptors (Lipinski definition) is 7. The van der Waals surface area contributed by atoms with E-state index in [2.05, 4.69) is 15.2 Å². The van der Waals surface area contributed by atoms with Gasteiger partial charge in [0, 0.05) is 12.4 Å². The molecule has 0 aliphatic heterocycles. The van der Waals surface area contributed by atoms with Gasteiger partial charge < -0.3 is 9.64 Å². The normalized spacial score (nSPS) is 10.9. The zero-order chi connectivity index (χ0) is 20.4. The predicted molar refractivity (Wildman–Crippen MR) is 109 cm³/mol. The highest BCUT2D eigenvalue weighted by molar-refractivity contribution is 7.18. The molecule has 0 bridgehead atoms. The fourth-order valence-electron chi connectivity index (χ4n) is 2.85. The van der Waals surface area contributed by atoms with E-state index in [9.17, 15) is 14.4 Å². The quantitative estimate of drug-likeness (QED) is 0.508. The van der Waals surface area contributed by atoms with Gasteiger partial charge in [0.1, 0.15) is 5.01 Å². The molecule has 0 unspecified atom stereocenters. The van der Waals surface area contributed by atoms with Crippen molar-refractivity contribution in [1.82, 2.24) is 20.1 Å². The van der Waals surface area contributed by atoms with Crippen LogP contribution in [0.3, 0.4) is 0 Å². The van der Waals surface area contributed by atoms with Gasteiger partial charge in [-0.15, -0.1) is 11.3 Å². The lowest BCUT2D eigenvalue weighted by atomic mass is 10.1. The summed E-state index contributed by atoms with van der Waals surface area (Å²) in [5.74, 6) is -1.15. The molecule has 0 saturated carbocycles. The van der Waals surface area contributed by atoms with Crippen molar-refractivity contribution in [2.45, 2.75) is 6.54 Å². The minimum Gasteiger partial charge on any atom is -0.451 e. The zero-order valence-electron chi connectivity index (χ0n) is 15.4. The number of aromatic amines is 1. The smallest absolute Gasteiger partial charge is 0.359 e. The first-order chi connectivity index (χ1) is 14.0. The van der Waals surface area contributed by atoms with Crippen LogP contribution in [-0.2, 0) is 16.1 Å². The summed E-state index contributed by atoms with van der Waals surface area (Å²) in [6, 6.07) is 14.3. The Morgan fingerprint density at radius 2 is 1.83 bits per heavy atom. The van der Waals surface area contributed by atoms with Crippen molar-refractivity contribution < 1.29 is 14.3 Å². The Bertz CT molecular complexity index is 1250. The number of amides is 1. The Kier molecular flexibility index (Phi) is 5.05. The maximum atomic E-state index is 12.4. The Hall–Kier alpha value is -3.59. The van der Waals surface area contributed by atoms with Gasteiger partial charge >= 0.3 is 5.97 Å². The number of nitrogens with zero attached hydrogens (tertiary/aromatic N) is 3. The maximum Gasteiger partial charge on any atom is 0.359 e. The van der Waals surface area contributed by atoms with E-state index in [1.807, 2.05) is 24.3 Å². The first-order valence-corrected chi connectivity index (χ1v) is 9.57. The van der Waals surface area contributed by atoms with Crippen molar-refractivity contribution in [2.75, 3.05) is 13.7 Å². The topological polar surface area (TPSA) is 105 Å². The Morgan fingerprint density at radius 1 is 1.10 bits per heavy atom. The van der Waals surface area contributed by atoms with Gasteiger partial charge in [-0.25, -0.2) is 14.9 Å². The molecule has 0 fully saturated rings. The molecule has 4 aromatic rings. The van der Waals surface area contributed by atoms with Crippen LogP contribution in [0.15, 0.2) is 53.3 Å². The molecule has 0 atom stereocenters. The second-order valence-corrected chi connectivity index (χ2v) is 7.46. The summed E-state index contributed by atoms with van der Waals surface area (Å²) in [6.45, 7) is -0.120. The fourth-order valence-corrected chi connectivity index (χ4v) is 3.88. The number of rotatable bonds is 5. The molecule has 2 aromatic heterocycles. The monoisotopic (exact) mass is 408 g/mol. The van der Waals surface area contributed by atoms with Gasteiger partial charge in [-0.3, -0.25) is 9.59 Å². The van der Waals surface area contributed by atoms with Gasteiger partial charge in [0.2, 0.25) is 0 Å². The number of likely N-dealkylation sites (N-methyl/N-ethyl adjacent to an activating group) is 1. The Morgan fingerprint density at radius 3 is 2.62 bits per heavy atom. The van der Waals surface area contributed by atoms with Crippen molar-refractivity contribution in [1.29, 1.82) is 0 Å². The third kappa shape index (κ3) is 3.85. The van der Waals surface area contributed by atoms with Gasteiger partial charge in [-0.2, -0.15) is 5.10 Å². The molecule has 29 heavy (non-hydrogen) atoms. The molecule has 2 aromatic carbocycles. The van der Waals surface area contributed by atoms with Crippen LogP contribution in [0.5, 0.6) is 0 Å². The minimum absolute atomic E-state index is 0.0400. The summed E-state index contributed by atoms with van der Waals surface area (Å²) in [6.07, 6.45) is 0. The van der Waals surface area contributed by atoms with E-state index in [1.165, 1.54) is 16.2 Å². The SMILES string of the molecule is CN(Cc1nc2ccccc2s1)C(=O)COC(=O)c1n[nH]c(=O)c2ccccc12. The molecule has 1 amide bonds. The van der Waals surface area contributed by atoms with Crippen molar-refractivity contribution in [2.24, 2.45) is 0 Å². The number of aromatic nitrogens is 3. The summed E-state index contributed by atoms with van der Waals surface area (Å²) >= 11 is 1.51. The summed E-state index contributed by atoms with van der Waals surface area (Å²) in [4.78, 5) is 42.5. The molecular weight excluding hydrogens is 392 g/mol. The molecule has 4 rings (SSSR count). The van der Waals surface area contributed by atoms with Crippen molar-refractivity contribution >= 4 is 44.2 Å². The number of thiazole rings is 1. The lowest BCUT2D eigenvalue weighted by Gasteiger charge is -2.15. The molecule has 0 aliphatic carbocycles. The van der Waals surface area contributed by atoms with Crippen LogP contribution in [0.25, 0.3) is 21.0 Å². The lowest BCUT2D eigenvalue weighted by molar-refractivity contribution is -0.133. The van der Waals surface area contributed by atoms with E-state index >= 15 is 0 Å². The fraction of sp³-hybridized carbons (Fsp3) is 0.150. The van der Waals surface area contributed by atoms with Gasteiger partial charge in [0.15, 0.2) is 12.3 Å². The highest BCUT2D eigenvalue weighted by Crippen LogP contribution is 2.22. The van der Waals surface area contributed by atoms with Crippen LogP contribution in [0.4, 0.5) is 0 Å². The van der Waals surface area contributed by atoms with E-state index < -0.39 is 18.1 Å². The van der Waals surface area contributed by atoms with Crippen molar-refractivity contribution in [3.63, 3.8) is 0 Å². The van der Waals surface area contributed by atoms with E-state index in [0.29, 0.717) is 17.3 Å². The first-order valence-electron chi connectivity index (χ1n) is 8.76. The molecule has 0 aliphatic rings. The van der Waals surface area contributed by atoms with Crippen molar-refractivity contribution in [3.05, 3.63) is 69.6 Å². The molecule has 146 valence electrons. The number of esters is 1. The van der Waals surface area contributed by atoms with E-state index in [0.717, 1.165) is 15.2 Å². The third-order valence-corrected chi connectivity index (χ3v) is 5.37. The molecule has 0 spiro atoms. The number of fused-ring (bicyclic) bond motifs is 2. The summed E-state index contributed by atoms with van der Waals surface area (Å²) in [5, 5.41) is 7.54. The summed E-state index contributed by atoms with van der Waals surface area (Å²) in [7, 11) is 1.62. The Balaban J connectivity index is 1.42. The summed E-state index contributed by atoms with van der Waals surface area (Å²) in [5.41, 5.74) is 0.446. The average Bonchev–Trinajstić information content (AvgIpc) is 3.14. The third-order valence-electron chi connectivity index (χ3n) is 4.35. The van der Waals surface area contributed by atoms with Crippen molar-refractivity contribution in [3.8, 4) is 0 Å².